The maximum absolute atomic E-state index is 13.2. The van der Waals surface area contributed by atoms with E-state index in [1.165, 1.54) is 0 Å². The van der Waals surface area contributed by atoms with Gasteiger partial charge in [-0.2, -0.15) is 4.98 Å². The molecule has 0 aliphatic heterocycles. The summed E-state index contributed by atoms with van der Waals surface area (Å²) < 4.78 is 13.2. The van der Waals surface area contributed by atoms with Crippen LogP contribution in [0, 0.1) is 0 Å². The molecule has 1 heterocycles. The summed E-state index contributed by atoms with van der Waals surface area (Å²) in [5, 5.41) is 3.03. The minimum absolute atomic E-state index is 0.121. The van der Waals surface area contributed by atoms with Gasteiger partial charge in [0.25, 0.3) is 0 Å². The number of anilines is 2. The van der Waals surface area contributed by atoms with Gasteiger partial charge in [0, 0.05) is 6.20 Å². The van der Waals surface area contributed by atoms with Gasteiger partial charge in [0.2, 0.25) is 5.95 Å². The minimum atomic E-state index is -0.772. The third-order valence-corrected chi connectivity index (χ3v) is 2.44. The summed E-state index contributed by atoms with van der Waals surface area (Å²) in [6.45, 7) is 0. The van der Waals surface area contributed by atoms with Crippen LogP contribution in [0.1, 0.15) is 19.3 Å². The lowest BCUT2D eigenvalue weighted by atomic mass is 10.2. The highest BCUT2D eigenvalue weighted by Gasteiger charge is 2.26. The molecule has 1 aliphatic carbocycles. The van der Waals surface area contributed by atoms with Crippen LogP contribution in [0.4, 0.5) is 16.2 Å². The van der Waals surface area contributed by atoms with Crippen LogP contribution in [-0.4, -0.2) is 22.2 Å². The molecule has 0 unspecified atom stereocenters. The summed E-state index contributed by atoms with van der Waals surface area (Å²) >= 11 is 0. The molecule has 1 aromatic heterocycles. The maximum atomic E-state index is 13.2. The van der Waals surface area contributed by atoms with E-state index in [-0.39, 0.29) is 12.0 Å². The van der Waals surface area contributed by atoms with Crippen molar-refractivity contribution in [2.24, 2.45) is 0 Å². The highest BCUT2D eigenvalue weighted by molar-refractivity contribution is 5.38. The Kier molecular flexibility index (Phi) is 2.47. The number of aromatic nitrogens is 2. The first-order chi connectivity index (χ1) is 6.75. The third kappa shape index (κ3) is 1.92. The molecule has 3 N–H and O–H groups in total. The van der Waals surface area contributed by atoms with Crippen LogP contribution in [0.5, 0.6) is 0 Å². The second-order valence-corrected chi connectivity index (χ2v) is 3.50. The molecule has 4 nitrogen and oxygen atoms in total. The summed E-state index contributed by atoms with van der Waals surface area (Å²) in [5.41, 5.74) is 5.41. The van der Waals surface area contributed by atoms with E-state index < -0.39 is 6.17 Å². The van der Waals surface area contributed by atoms with Crippen molar-refractivity contribution in [3.05, 3.63) is 12.3 Å². The van der Waals surface area contributed by atoms with Crippen molar-refractivity contribution >= 4 is 11.8 Å². The van der Waals surface area contributed by atoms with Crippen LogP contribution in [-0.2, 0) is 0 Å². The van der Waals surface area contributed by atoms with Crippen molar-refractivity contribution in [3.8, 4) is 0 Å². The van der Waals surface area contributed by atoms with Crippen LogP contribution < -0.4 is 11.1 Å². The average Bonchev–Trinajstić information content (AvgIpc) is 2.52. The number of hydrogen-bond donors (Lipinski definition) is 2. The summed E-state index contributed by atoms with van der Waals surface area (Å²) in [5.74, 6) is 0.815. The number of hydrogen-bond acceptors (Lipinski definition) is 4. The van der Waals surface area contributed by atoms with Crippen molar-refractivity contribution in [1.82, 2.24) is 9.97 Å². The molecular weight excluding hydrogens is 183 g/mol. The predicted molar refractivity (Wildman–Crippen MR) is 52.6 cm³/mol. The summed E-state index contributed by atoms with van der Waals surface area (Å²) in [6.07, 6.45) is 3.21. The lowest BCUT2D eigenvalue weighted by molar-refractivity contribution is 0.323. The molecule has 76 valence electrons. The van der Waals surface area contributed by atoms with Crippen LogP contribution in [0.3, 0.4) is 0 Å². The summed E-state index contributed by atoms with van der Waals surface area (Å²) in [7, 11) is 0. The fourth-order valence-corrected chi connectivity index (χ4v) is 1.72. The third-order valence-electron chi connectivity index (χ3n) is 2.44. The van der Waals surface area contributed by atoms with E-state index in [0.29, 0.717) is 12.2 Å². The number of nitrogen functional groups attached to an aromatic ring is 1. The van der Waals surface area contributed by atoms with E-state index in [1.54, 1.807) is 12.3 Å². The molecule has 1 saturated carbocycles. The fraction of sp³-hybridized carbons (Fsp3) is 0.556. The van der Waals surface area contributed by atoms with Crippen LogP contribution >= 0.6 is 0 Å². The largest absolute Gasteiger partial charge is 0.368 e. The van der Waals surface area contributed by atoms with E-state index in [0.717, 1.165) is 12.8 Å². The SMILES string of the molecule is Nc1nccc(N[C@@H]2CCC[C@H]2F)n1. The predicted octanol–water partition coefficient (Wildman–Crippen LogP) is 1.36. The lowest BCUT2D eigenvalue weighted by Crippen LogP contribution is -2.25. The molecule has 1 aromatic rings. The second-order valence-electron chi connectivity index (χ2n) is 3.50. The average molecular weight is 196 g/mol. The Bertz CT molecular complexity index is 317. The number of halogens is 1. The molecule has 0 radical (unpaired) electrons. The Morgan fingerprint density at radius 1 is 1.50 bits per heavy atom. The monoisotopic (exact) mass is 196 g/mol. The smallest absolute Gasteiger partial charge is 0.221 e. The number of nitrogens with zero attached hydrogens (tertiary/aromatic N) is 2. The maximum Gasteiger partial charge on any atom is 0.221 e. The molecule has 0 spiro atoms. The first-order valence-electron chi connectivity index (χ1n) is 4.75. The molecule has 0 bridgehead atoms. The van der Waals surface area contributed by atoms with Crippen molar-refractivity contribution in [2.45, 2.75) is 31.5 Å². The normalized spacial score (nSPS) is 26.4. The fourth-order valence-electron chi connectivity index (χ4n) is 1.72. The van der Waals surface area contributed by atoms with Crippen molar-refractivity contribution in [2.75, 3.05) is 11.1 Å². The zero-order valence-corrected chi connectivity index (χ0v) is 7.78. The zero-order chi connectivity index (χ0) is 9.97. The summed E-state index contributed by atoms with van der Waals surface area (Å²) in [4.78, 5) is 7.73. The van der Waals surface area contributed by atoms with Gasteiger partial charge in [-0.05, 0) is 25.3 Å². The van der Waals surface area contributed by atoms with Crippen LogP contribution in [0.15, 0.2) is 12.3 Å². The summed E-state index contributed by atoms with van der Waals surface area (Å²) in [6, 6.07) is 1.57. The van der Waals surface area contributed by atoms with Crippen molar-refractivity contribution in [3.63, 3.8) is 0 Å². The number of nitrogens with two attached hydrogens (primary N) is 1. The Morgan fingerprint density at radius 3 is 3.00 bits per heavy atom. The quantitative estimate of drug-likeness (QED) is 0.749. The highest BCUT2D eigenvalue weighted by atomic mass is 19.1. The molecule has 1 fully saturated rings. The lowest BCUT2D eigenvalue weighted by Gasteiger charge is -2.15. The second kappa shape index (κ2) is 3.77. The van der Waals surface area contributed by atoms with Gasteiger partial charge in [-0.25, -0.2) is 9.37 Å². The zero-order valence-electron chi connectivity index (χ0n) is 7.78. The van der Waals surface area contributed by atoms with Gasteiger partial charge in [-0.15, -0.1) is 0 Å². The molecule has 2 atom stereocenters. The van der Waals surface area contributed by atoms with Gasteiger partial charge in [-0.1, -0.05) is 0 Å². The molecular formula is C9H13FN4. The van der Waals surface area contributed by atoms with Gasteiger partial charge in [0.15, 0.2) is 0 Å². The van der Waals surface area contributed by atoms with E-state index in [1.807, 2.05) is 0 Å². The molecule has 0 aromatic carbocycles. The van der Waals surface area contributed by atoms with E-state index in [2.05, 4.69) is 15.3 Å². The van der Waals surface area contributed by atoms with Gasteiger partial charge in [-0.3, -0.25) is 0 Å². The molecule has 0 saturated heterocycles. The van der Waals surface area contributed by atoms with Crippen LogP contribution in [0.25, 0.3) is 0 Å². The first-order valence-corrected chi connectivity index (χ1v) is 4.75. The van der Waals surface area contributed by atoms with E-state index in [4.69, 9.17) is 5.73 Å². The number of nitrogens with one attached hydrogen (secondary N) is 1. The Balaban J connectivity index is 2.03. The minimum Gasteiger partial charge on any atom is -0.368 e. The molecule has 1 aliphatic rings. The van der Waals surface area contributed by atoms with Gasteiger partial charge < -0.3 is 11.1 Å². The van der Waals surface area contributed by atoms with Crippen LogP contribution in [0.2, 0.25) is 0 Å². The Hall–Kier alpha value is -1.39. The highest BCUT2D eigenvalue weighted by Crippen LogP contribution is 2.24. The number of alkyl halides is 1. The first kappa shape index (κ1) is 9.18. The van der Waals surface area contributed by atoms with Gasteiger partial charge in [0.1, 0.15) is 12.0 Å². The molecule has 0 amide bonds. The Labute approximate surface area is 81.7 Å². The Morgan fingerprint density at radius 2 is 2.36 bits per heavy atom. The molecule has 5 heteroatoms. The van der Waals surface area contributed by atoms with Crippen molar-refractivity contribution in [1.29, 1.82) is 0 Å². The molecule has 14 heavy (non-hydrogen) atoms. The van der Waals surface area contributed by atoms with Gasteiger partial charge >= 0.3 is 0 Å². The topological polar surface area (TPSA) is 63.8 Å². The standard InChI is InChI=1S/C9H13FN4/c10-6-2-1-3-7(6)13-8-4-5-12-9(11)14-8/h4-7H,1-3H2,(H3,11,12,13,14)/t6-,7-/m1/s1. The van der Waals surface area contributed by atoms with E-state index >= 15 is 0 Å². The van der Waals surface area contributed by atoms with Crippen molar-refractivity contribution < 1.29 is 4.39 Å². The molecule has 2 rings (SSSR count). The number of rotatable bonds is 2. The van der Waals surface area contributed by atoms with Gasteiger partial charge in [0.05, 0.1) is 6.04 Å². The van der Waals surface area contributed by atoms with E-state index in [9.17, 15) is 4.39 Å².